The first-order valence-electron chi connectivity index (χ1n) is 5.51. The van der Waals surface area contributed by atoms with E-state index in [4.69, 9.17) is 4.74 Å². The number of nitrogens with zero attached hydrogens (tertiary/aromatic N) is 3. The lowest BCUT2D eigenvalue weighted by Crippen LogP contribution is -2.00. The maximum atomic E-state index is 5.53. The highest BCUT2D eigenvalue weighted by atomic mass is 16.5. The Balaban J connectivity index is 2.68. The second kappa shape index (κ2) is 3.45. The van der Waals surface area contributed by atoms with Crippen LogP contribution in [0, 0.1) is 13.8 Å². The number of hydrogen-bond acceptors (Lipinski definition) is 3. The zero-order valence-electron chi connectivity index (χ0n) is 10.1. The van der Waals surface area contributed by atoms with Crippen molar-refractivity contribution in [2.45, 2.75) is 13.8 Å². The molecule has 0 bridgehead atoms. The van der Waals surface area contributed by atoms with Crippen molar-refractivity contribution in [1.82, 2.24) is 14.6 Å². The number of benzene rings is 1. The van der Waals surface area contributed by atoms with Crippen molar-refractivity contribution in [3.05, 3.63) is 35.8 Å². The van der Waals surface area contributed by atoms with Crippen LogP contribution in [0.5, 0.6) is 5.75 Å². The van der Waals surface area contributed by atoms with E-state index in [1.807, 2.05) is 26.0 Å². The molecule has 0 radical (unpaired) electrons. The summed E-state index contributed by atoms with van der Waals surface area (Å²) in [5.74, 6) is 1.74. The lowest BCUT2D eigenvalue weighted by Gasteiger charge is -2.03. The van der Waals surface area contributed by atoms with Gasteiger partial charge in [0.25, 0.3) is 0 Å². The van der Waals surface area contributed by atoms with E-state index < -0.39 is 0 Å². The minimum atomic E-state index is 0.866. The van der Waals surface area contributed by atoms with Gasteiger partial charge in [-0.2, -0.15) is 5.10 Å². The van der Waals surface area contributed by atoms with Gasteiger partial charge in [-0.15, -0.1) is 5.10 Å². The van der Waals surface area contributed by atoms with E-state index in [2.05, 4.69) is 26.7 Å². The van der Waals surface area contributed by atoms with Gasteiger partial charge in [0.2, 0.25) is 0 Å². The van der Waals surface area contributed by atoms with Crippen LogP contribution in [0.15, 0.2) is 24.3 Å². The summed E-state index contributed by atoms with van der Waals surface area (Å²) in [5.41, 5.74) is 2.99. The molecule has 3 aromatic rings. The molecule has 0 spiro atoms. The predicted octanol–water partition coefficient (Wildman–Crippen LogP) is 2.51. The molecule has 17 heavy (non-hydrogen) atoms. The van der Waals surface area contributed by atoms with Gasteiger partial charge in [0.15, 0.2) is 5.75 Å². The number of aryl methyl sites for hydroxylation is 2. The van der Waals surface area contributed by atoms with Crippen molar-refractivity contribution in [1.29, 1.82) is 0 Å². The zero-order valence-corrected chi connectivity index (χ0v) is 10.1. The molecule has 4 nitrogen and oxygen atoms in total. The first-order valence-corrected chi connectivity index (χ1v) is 5.51. The van der Waals surface area contributed by atoms with Gasteiger partial charge < -0.3 is 4.74 Å². The number of para-hydroxylation sites is 1. The molecular formula is C13H13N3O. The molecule has 0 fully saturated rings. The van der Waals surface area contributed by atoms with Crippen LogP contribution in [0.1, 0.15) is 11.5 Å². The van der Waals surface area contributed by atoms with Crippen LogP contribution >= 0.6 is 0 Å². The van der Waals surface area contributed by atoms with Crippen LogP contribution in [0.3, 0.4) is 0 Å². The number of aromatic nitrogens is 3. The fourth-order valence-corrected chi connectivity index (χ4v) is 2.32. The summed E-state index contributed by atoms with van der Waals surface area (Å²) in [4.78, 5) is 0. The third-order valence-electron chi connectivity index (χ3n) is 3.04. The Labute approximate surface area is 98.8 Å². The average molecular weight is 227 g/mol. The van der Waals surface area contributed by atoms with Gasteiger partial charge >= 0.3 is 0 Å². The SMILES string of the molecule is COc1c2ccccc2n2c(C)nnc(C)c12. The van der Waals surface area contributed by atoms with Crippen LogP contribution < -0.4 is 4.74 Å². The zero-order chi connectivity index (χ0) is 12.0. The Hall–Kier alpha value is -2.10. The van der Waals surface area contributed by atoms with E-state index in [9.17, 15) is 0 Å². The molecule has 0 N–H and O–H groups in total. The minimum absolute atomic E-state index is 0.866. The first kappa shape index (κ1) is 10.1. The highest BCUT2D eigenvalue weighted by Crippen LogP contribution is 2.34. The van der Waals surface area contributed by atoms with Gasteiger partial charge in [0, 0.05) is 5.39 Å². The van der Waals surface area contributed by atoms with Gasteiger partial charge in [-0.25, -0.2) is 0 Å². The molecule has 0 aliphatic rings. The largest absolute Gasteiger partial charge is 0.494 e. The van der Waals surface area contributed by atoms with E-state index in [1.165, 1.54) is 0 Å². The summed E-state index contributed by atoms with van der Waals surface area (Å²) in [7, 11) is 1.69. The van der Waals surface area contributed by atoms with E-state index in [1.54, 1.807) is 7.11 Å². The molecule has 0 atom stereocenters. The third-order valence-corrected chi connectivity index (χ3v) is 3.04. The Morgan fingerprint density at radius 2 is 1.88 bits per heavy atom. The fraction of sp³-hybridized carbons (Fsp3) is 0.231. The summed E-state index contributed by atoms with van der Waals surface area (Å²) in [6, 6.07) is 8.15. The maximum Gasteiger partial charge on any atom is 0.154 e. The van der Waals surface area contributed by atoms with Gasteiger partial charge in [0.1, 0.15) is 11.3 Å². The van der Waals surface area contributed by atoms with Crippen LogP contribution in [0.25, 0.3) is 16.4 Å². The summed E-state index contributed by atoms with van der Waals surface area (Å²) in [6.07, 6.45) is 0. The van der Waals surface area contributed by atoms with Crippen LogP contribution in [-0.2, 0) is 0 Å². The quantitative estimate of drug-likeness (QED) is 0.641. The Kier molecular flexibility index (Phi) is 2.04. The van der Waals surface area contributed by atoms with E-state index in [0.29, 0.717) is 0 Å². The average Bonchev–Trinajstić information content (AvgIpc) is 2.69. The van der Waals surface area contributed by atoms with E-state index >= 15 is 0 Å². The Bertz CT molecular complexity index is 715. The van der Waals surface area contributed by atoms with E-state index in [-0.39, 0.29) is 0 Å². The van der Waals surface area contributed by atoms with Crippen molar-refractivity contribution < 1.29 is 4.74 Å². The van der Waals surface area contributed by atoms with Gasteiger partial charge in [-0.3, -0.25) is 4.40 Å². The molecule has 0 aliphatic heterocycles. The molecule has 0 aliphatic carbocycles. The van der Waals surface area contributed by atoms with Crippen molar-refractivity contribution in [3.8, 4) is 5.75 Å². The summed E-state index contributed by atoms with van der Waals surface area (Å²) in [5, 5.41) is 9.42. The minimum Gasteiger partial charge on any atom is -0.494 e. The highest BCUT2D eigenvalue weighted by molar-refractivity contribution is 5.96. The molecule has 86 valence electrons. The second-order valence-corrected chi connectivity index (χ2v) is 4.07. The smallest absolute Gasteiger partial charge is 0.154 e. The molecule has 0 saturated carbocycles. The molecule has 3 rings (SSSR count). The molecule has 0 unspecified atom stereocenters. The molecular weight excluding hydrogens is 214 g/mol. The first-order chi connectivity index (χ1) is 8.24. The van der Waals surface area contributed by atoms with Crippen molar-refractivity contribution in [3.63, 3.8) is 0 Å². The molecule has 0 saturated heterocycles. The molecule has 1 aromatic carbocycles. The lowest BCUT2D eigenvalue weighted by molar-refractivity contribution is 0.423. The molecule has 0 amide bonds. The van der Waals surface area contributed by atoms with Crippen LogP contribution in [0.2, 0.25) is 0 Å². The number of hydrogen-bond donors (Lipinski definition) is 0. The maximum absolute atomic E-state index is 5.53. The van der Waals surface area contributed by atoms with Crippen molar-refractivity contribution >= 4 is 16.4 Å². The molecule has 4 heteroatoms. The monoisotopic (exact) mass is 227 g/mol. The summed E-state index contributed by atoms with van der Waals surface area (Å²) < 4.78 is 7.62. The van der Waals surface area contributed by atoms with Crippen molar-refractivity contribution in [2.75, 3.05) is 7.11 Å². The third kappa shape index (κ3) is 1.24. The van der Waals surface area contributed by atoms with Gasteiger partial charge in [-0.1, -0.05) is 12.1 Å². The normalized spacial score (nSPS) is 11.2. The summed E-state index contributed by atoms with van der Waals surface area (Å²) >= 11 is 0. The Morgan fingerprint density at radius 3 is 2.65 bits per heavy atom. The van der Waals surface area contributed by atoms with Crippen molar-refractivity contribution in [2.24, 2.45) is 0 Å². The molecule has 2 heterocycles. The molecule has 2 aromatic heterocycles. The fourth-order valence-electron chi connectivity index (χ4n) is 2.32. The topological polar surface area (TPSA) is 39.4 Å². The Morgan fingerprint density at radius 1 is 1.12 bits per heavy atom. The van der Waals surface area contributed by atoms with Gasteiger partial charge in [0.05, 0.1) is 18.3 Å². The predicted molar refractivity (Wildman–Crippen MR) is 66.5 cm³/mol. The second-order valence-electron chi connectivity index (χ2n) is 4.07. The van der Waals surface area contributed by atoms with E-state index in [0.717, 1.165) is 33.7 Å². The van der Waals surface area contributed by atoms with Gasteiger partial charge in [-0.05, 0) is 26.0 Å². The van der Waals surface area contributed by atoms with Crippen LogP contribution in [0.4, 0.5) is 0 Å². The lowest BCUT2D eigenvalue weighted by atomic mass is 10.2. The summed E-state index contributed by atoms with van der Waals surface area (Å²) in [6.45, 7) is 3.90. The number of ether oxygens (including phenoxy) is 1. The number of fused-ring (bicyclic) bond motifs is 3. The number of rotatable bonds is 1. The standard InChI is InChI=1S/C13H13N3O/c1-8-12-13(17-3)10-6-4-5-7-11(10)16(12)9(2)15-14-8/h4-7H,1-3H3. The van der Waals surface area contributed by atoms with Crippen LogP contribution in [-0.4, -0.2) is 21.7 Å². The number of methoxy groups -OCH3 is 1. The highest BCUT2D eigenvalue weighted by Gasteiger charge is 2.16.